The van der Waals surface area contributed by atoms with Crippen molar-refractivity contribution in [1.82, 2.24) is 9.13 Å². The Bertz CT molecular complexity index is 1310. The van der Waals surface area contributed by atoms with Gasteiger partial charge in [0.15, 0.2) is 0 Å². The van der Waals surface area contributed by atoms with Crippen LogP contribution < -0.4 is 22.2 Å². The third-order valence-electron chi connectivity index (χ3n) is 8.41. The van der Waals surface area contributed by atoms with Gasteiger partial charge in [-0.3, -0.25) is 28.3 Å². The van der Waals surface area contributed by atoms with E-state index in [1.807, 2.05) is 0 Å². The summed E-state index contributed by atoms with van der Waals surface area (Å²) in [5.41, 5.74) is -1.21. The van der Waals surface area contributed by atoms with Gasteiger partial charge in [0, 0.05) is 12.1 Å². The summed E-state index contributed by atoms with van der Waals surface area (Å²) in [4.78, 5) is 53.7. The van der Waals surface area contributed by atoms with Gasteiger partial charge in [0.25, 0.3) is 22.2 Å². The molecule has 2 aliphatic rings. The molecule has 0 unspecified atom stereocenters. The first-order chi connectivity index (χ1) is 15.8. The number of hydrogen-bond acceptors (Lipinski definition) is 4. The second-order valence-electron chi connectivity index (χ2n) is 13.0. The molecule has 0 saturated heterocycles. The van der Waals surface area contributed by atoms with Gasteiger partial charge in [0.05, 0.1) is 21.5 Å². The summed E-state index contributed by atoms with van der Waals surface area (Å²) in [6.45, 7) is 13.1. The van der Waals surface area contributed by atoms with Gasteiger partial charge in [-0.2, -0.15) is 0 Å². The Balaban J connectivity index is 1.67. The highest BCUT2D eigenvalue weighted by Crippen LogP contribution is 2.44. The van der Waals surface area contributed by atoms with E-state index in [0.717, 1.165) is 38.5 Å². The Morgan fingerprint density at radius 1 is 0.588 bits per heavy atom. The zero-order valence-electron chi connectivity index (χ0n) is 21.2. The zero-order chi connectivity index (χ0) is 24.7. The van der Waals surface area contributed by atoms with Crippen molar-refractivity contribution < 1.29 is 0 Å². The number of rotatable bonds is 2. The normalized spacial score (nSPS) is 29.1. The molecule has 34 heavy (non-hydrogen) atoms. The summed E-state index contributed by atoms with van der Waals surface area (Å²) in [7, 11) is 0. The molecule has 5 rings (SSSR count). The van der Waals surface area contributed by atoms with Crippen LogP contribution in [0.2, 0.25) is 0 Å². The van der Waals surface area contributed by atoms with Gasteiger partial charge < -0.3 is 0 Å². The van der Waals surface area contributed by atoms with Crippen LogP contribution in [0.3, 0.4) is 0 Å². The lowest BCUT2D eigenvalue weighted by molar-refractivity contribution is 0.134. The fourth-order valence-electron chi connectivity index (χ4n) is 7.66. The highest BCUT2D eigenvalue weighted by molar-refractivity contribution is 5.97. The van der Waals surface area contributed by atoms with Gasteiger partial charge in [-0.05, 0) is 73.3 Å². The number of fused-ring (bicyclic) bond motifs is 2. The smallest absolute Gasteiger partial charge is 0.261 e. The molecule has 2 aromatic heterocycles. The van der Waals surface area contributed by atoms with Crippen molar-refractivity contribution >= 4 is 21.5 Å². The summed E-state index contributed by atoms with van der Waals surface area (Å²) in [6.07, 6.45) is 5.24. The molecule has 6 heteroatoms. The lowest BCUT2D eigenvalue weighted by Gasteiger charge is -2.39. The van der Waals surface area contributed by atoms with Gasteiger partial charge >= 0.3 is 0 Å². The Morgan fingerprint density at radius 2 is 0.882 bits per heavy atom. The van der Waals surface area contributed by atoms with Crippen LogP contribution >= 0.6 is 0 Å². The number of aromatic nitrogens is 2. The van der Waals surface area contributed by atoms with Gasteiger partial charge in [0.1, 0.15) is 0 Å². The van der Waals surface area contributed by atoms with E-state index in [1.165, 1.54) is 21.3 Å². The molecular weight excluding hydrogens is 428 g/mol. The molecular formula is C28H36N2O4. The fourth-order valence-corrected chi connectivity index (χ4v) is 7.66. The molecule has 0 amide bonds. The molecule has 1 aromatic carbocycles. The van der Waals surface area contributed by atoms with E-state index in [1.54, 1.807) is 0 Å². The Hall–Kier alpha value is -2.50. The van der Waals surface area contributed by atoms with Crippen LogP contribution in [0.4, 0.5) is 0 Å². The zero-order valence-corrected chi connectivity index (χ0v) is 21.2. The van der Waals surface area contributed by atoms with Crippen LogP contribution in [0.25, 0.3) is 21.5 Å². The molecule has 2 aliphatic carbocycles. The monoisotopic (exact) mass is 464 g/mol. The molecule has 0 radical (unpaired) electrons. The SMILES string of the molecule is C[C@@H]1C[C@@H](n2c(=O)c3cc4c(=O)n([C@H]5C[C@@H](C)CC(C)(C)C5)c(=O)c4cc3c2=O)CC(C)(C)C1. The predicted octanol–water partition coefficient (Wildman–Crippen LogP) is 4.69. The van der Waals surface area contributed by atoms with Gasteiger partial charge in [0.2, 0.25) is 0 Å². The highest BCUT2D eigenvalue weighted by atomic mass is 16.2. The van der Waals surface area contributed by atoms with Crippen molar-refractivity contribution in [2.45, 2.75) is 92.2 Å². The first-order valence-corrected chi connectivity index (χ1v) is 12.7. The largest absolute Gasteiger partial charge is 0.271 e. The quantitative estimate of drug-likeness (QED) is 0.551. The average molecular weight is 465 g/mol. The molecule has 2 fully saturated rings. The molecule has 0 aliphatic heterocycles. The fraction of sp³-hybridized carbons (Fsp3) is 0.643. The maximum Gasteiger partial charge on any atom is 0.261 e. The Kier molecular flexibility index (Phi) is 5.13. The number of hydrogen-bond donors (Lipinski definition) is 0. The van der Waals surface area contributed by atoms with E-state index in [-0.39, 0.29) is 66.7 Å². The summed E-state index contributed by atoms with van der Waals surface area (Å²) in [6, 6.07) is 2.71. The van der Waals surface area contributed by atoms with Crippen molar-refractivity contribution in [3.05, 3.63) is 53.5 Å². The Labute approximate surface area is 199 Å². The first-order valence-electron chi connectivity index (χ1n) is 12.7. The molecule has 2 heterocycles. The van der Waals surface area contributed by atoms with Crippen LogP contribution in [-0.4, -0.2) is 9.13 Å². The minimum atomic E-state index is -0.330. The van der Waals surface area contributed by atoms with Gasteiger partial charge in [-0.25, -0.2) is 0 Å². The number of nitrogens with zero attached hydrogens (tertiary/aromatic N) is 2. The minimum absolute atomic E-state index is 0.0524. The highest BCUT2D eigenvalue weighted by Gasteiger charge is 2.37. The van der Waals surface area contributed by atoms with Gasteiger partial charge in [-0.1, -0.05) is 41.5 Å². The summed E-state index contributed by atoms with van der Waals surface area (Å²) in [5.74, 6) is 0.837. The molecule has 0 bridgehead atoms. The first kappa shape index (κ1) is 23.3. The molecule has 182 valence electrons. The molecule has 4 atom stereocenters. The van der Waals surface area contributed by atoms with Crippen molar-refractivity contribution in [3.63, 3.8) is 0 Å². The van der Waals surface area contributed by atoms with E-state index in [2.05, 4.69) is 41.5 Å². The standard InChI is InChI=1S/C28H36N2O4/c1-15-7-17(13-27(3,4)11-15)29-23(31)19-9-21-22(10-20(19)24(29)32)26(34)30(25(21)33)18-8-16(2)12-28(5,6)14-18/h9-10,15-18H,7-8,11-14H2,1-6H3/t15-,16-,17-,18+/m1/s1. The van der Waals surface area contributed by atoms with Crippen molar-refractivity contribution in [2.75, 3.05) is 0 Å². The molecule has 2 saturated carbocycles. The van der Waals surface area contributed by atoms with E-state index < -0.39 is 0 Å². The van der Waals surface area contributed by atoms with Crippen LogP contribution in [0.5, 0.6) is 0 Å². The lowest BCUT2D eigenvalue weighted by atomic mass is 9.70. The number of benzene rings is 1. The van der Waals surface area contributed by atoms with Crippen LogP contribution in [0.1, 0.15) is 92.2 Å². The third-order valence-corrected chi connectivity index (χ3v) is 8.41. The maximum absolute atomic E-state index is 13.4. The summed E-state index contributed by atoms with van der Waals surface area (Å²) >= 11 is 0. The van der Waals surface area contributed by atoms with E-state index in [4.69, 9.17) is 0 Å². The summed E-state index contributed by atoms with van der Waals surface area (Å²) < 4.78 is 2.80. The third kappa shape index (κ3) is 3.61. The van der Waals surface area contributed by atoms with E-state index >= 15 is 0 Å². The van der Waals surface area contributed by atoms with E-state index in [9.17, 15) is 19.2 Å². The minimum Gasteiger partial charge on any atom is -0.271 e. The van der Waals surface area contributed by atoms with Crippen LogP contribution in [0, 0.1) is 22.7 Å². The average Bonchev–Trinajstić information content (AvgIpc) is 3.08. The second-order valence-corrected chi connectivity index (χ2v) is 13.0. The van der Waals surface area contributed by atoms with Gasteiger partial charge in [-0.15, -0.1) is 0 Å². The topological polar surface area (TPSA) is 78.1 Å². The second kappa shape index (κ2) is 7.50. The predicted molar refractivity (Wildman–Crippen MR) is 137 cm³/mol. The molecule has 3 aromatic rings. The maximum atomic E-state index is 13.4. The molecule has 6 nitrogen and oxygen atoms in total. The van der Waals surface area contributed by atoms with Crippen molar-refractivity contribution in [2.24, 2.45) is 22.7 Å². The summed E-state index contributed by atoms with van der Waals surface area (Å²) in [5, 5.41) is 1.06. The van der Waals surface area contributed by atoms with Crippen molar-refractivity contribution in [1.29, 1.82) is 0 Å². The van der Waals surface area contributed by atoms with E-state index in [0.29, 0.717) is 11.8 Å². The molecule has 0 spiro atoms. The van der Waals surface area contributed by atoms with Crippen LogP contribution in [0.15, 0.2) is 31.3 Å². The van der Waals surface area contributed by atoms with Crippen molar-refractivity contribution in [3.8, 4) is 0 Å². The van der Waals surface area contributed by atoms with Crippen LogP contribution in [-0.2, 0) is 0 Å². The molecule has 0 N–H and O–H groups in total. The Morgan fingerprint density at radius 3 is 1.15 bits per heavy atom. The lowest BCUT2D eigenvalue weighted by Crippen LogP contribution is -2.37.